The number of aromatic carboxylic acids is 1. The Labute approximate surface area is 123 Å². The molecule has 4 nitrogen and oxygen atoms in total. The van der Waals surface area contributed by atoms with Gasteiger partial charge in [0.2, 0.25) is 0 Å². The van der Waals surface area contributed by atoms with Crippen LogP contribution in [0.4, 0.5) is 13.2 Å². The highest BCUT2D eigenvalue weighted by Crippen LogP contribution is 2.36. The minimum Gasteiger partial charge on any atom is -0.508 e. The third-order valence-electron chi connectivity index (χ3n) is 2.91. The molecule has 2 aromatic rings. The predicted molar refractivity (Wildman–Crippen MR) is 70.8 cm³/mol. The van der Waals surface area contributed by atoms with E-state index in [0.717, 1.165) is 12.1 Å². The molecule has 0 aliphatic rings. The van der Waals surface area contributed by atoms with Crippen molar-refractivity contribution in [2.75, 3.05) is 0 Å². The number of hydrogen-bond donors (Lipinski definition) is 2. The molecule has 2 N–H and O–H groups in total. The summed E-state index contributed by atoms with van der Waals surface area (Å²) in [5.74, 6) is -1.94. The molecule has 2 aromatic carbocycles. The second-order valence-electron chi connectivity index (χ2n) is 4.43. The van der Waals surface area contributed by atoms with E-state index in [0.29, 0.717) is 0 Å². The van der Waals surface area contributed by atoms with E-state index in [1.54, 1.807) is 0 Å². The molecule has 0 amide bonds. The monoisotopic (exact) mass is 312 g/mol. The fourth-order valence-corrected chi connectivity index (χ4v) is 1.80. The standard InChI is InChI=1S/C15H11F3O4/c16-15(17,18)11-3-1-2-4-13(11)22-8-10-6-5-9(14(20)21)7-12(10)19/h1-7,19H,8H2,(H,20,21). The number of ether oxygens (including phenoxy) is 1. The van der Waals surface area contributed by atoms with Gasteiger partial charge in [-0.05, 0) is 24.3 Å². The van der Waals surface area contributed by atoms with E-state index in [1.165, 1.54) is 30.3 Å². The van der Waals surface area contributed by atoms with Crippen molar-refractivity contribution in [2.45, 2.75) is 12.8 Å². The first-order valence-electron chi connectivity index (χ1n) is 6.13. The predicted octanol–water partition coefficient (Wildman–Crippen LogP) is 3.69. The summed E-state index contributed by atoms with van der Waals surface area (Å²) in [5.41, 5.74) is -0.865. The third kappa shape index (κ3) is 3.49. The molecular formula is C15H11F3O4. The lowest BCUT2D eigenvalue weighted by atomic mass is 10.1. The number of halogens is 3. The molecule has 116 valence electrons. The summed E-state index contributed by atoms with van der Waals surface area (Å²) < 4.78 is 43.5. The average Bonchev–Trinajstić information content (AvgIpc) is 2.45. The van der Waals surface area contributed by atoms with Gasteiger partial charge in [-0.2, -0.15) is 13.2 Å². The first-order valence-corrected chi connectivity index (χ1v) is 6.13. The molecule has 0 unspecified atom stereocenters. The fraction of sp³-hybridized carbons (Fsp3) is 0.133. The number of carbonyl (C=O) groups is 1. The topological polar surface area (TPSA) is 66.8 Å². The van der Waals surface area contributed by atoms with Crippen LogP contribution in [0.15, 0.2) is 42.5 Å². The van der Waals surface area contributed by atoms with Crippen LogP contribution in [0.2, 0.25) is 0 Å². The zero-order valence-electron chi connectivity index (χ0n) is 11.1. The second kappa shape index (κ2) is 5.97. The molecule has 22 heavy (non-hydrogen) atoms. The van der Waals surface area contributed by atoms with Crippen molar-refractivity contribution in [1.82, 2.24) is 0 Å². The summed E-state index contributed by atoms with van der Waals surface area (Å²) in [6, 6.07) is 8.24. The van der Waals surface area contributed by atoms with Crippen LogP contribution in [0, 0.1) is 0 Å². The molecule has 0 fully saturated rings. The Hall–Kier alpha value is -2.70. The number of phenolic OH excluding ortho intramolecular Hbond substituents is 1. The van der Waals surface area contributed by atoms with Gasteiger partial charge in [0.15, 0.2) is 0 Å². The number of carboxylic acids is 1. The lowest BCUT2D eigenvalue weighted by molar-refractivity contribution is -0.139. The van der Waals surface area contributed by atoms with Crippen molar-refractivity contribution in [3.8, 4) is 11.5 Å². The smallest absolute Gasteiger partial charge is 0.419 e. The van der Waals surface area contributed by atoms with Crippen LogP contribution < -0.4 is 4.74 Å². The van der Waals surface area contributed by atoms with Crippen molar-refractivity contribution < 1.29 is 32.9 Å². The number of hydrogen-bond acceptors (Lipinski definition) is 3. The zero-order chi connectivity index (χ0) is 16.3. The summed E-state index contributed by atoms with van der Waals surface area (Å²) in [6.07, 6.45) is -4.55. The summed E-state index contributed by atoms with van der Waals surface area (Å²) in [5, 5.41) is 18.4. The number of benzene rings is 2. The molecule has 0 aliphatic heterocycles. The summed E-state index contributed by atoms with van der Waals surface area (Å²) in [7, 11) is 0. The van der Waals surface area contributed by atoms with Gasteiger partial charge in [-0.1, -0.05) is 18.2 Å². The van der Waals surface area contributed by atoms with E-state index in [-0.39, 0.29) is 29.2 Å². The van der Waals surface area contributed by atoms with Gasteiger partial charge in [-0.25, -0.2) is 4.79 Å². The van der Waals surface area contributed by atoms with E-state index in [4.69, 9.17) is 9.84 Å². The molecule has 0 radical (unpaired) electrons. The van der Waals surface area contributed by atoms with Gasteiger partial charge in [-0.15, -0.1) is 0 Å². The average molecular weight is 312 g/mol. The molecule has 7 heteroatoms. The minimum atomic E-state index is -4.55. The summed E-state index contributed by atoms with van der Waals surface area (Å²) in [4.78, 5) is 10.7. The highest BCUT2D eigenvalue weighted by atomic mass is 19.4. The van der Waals surface area contributed by atoms with E-state index in [9.17, 15) is 23.1 Å². The summed E-state index contributed by atoms with van der Waals surface area (Å²) >= 11 is 0. The van der Waals surface area contributed by atoms with Crippen LogP contribution in [0.3, 0.4) is 0 Å². The Bertz CT molecular complexity index is 695. The first-order chi connectivity index (χ1) is 10.3. The molecule has 0 bridgehead atoms. The molecule has 0 saturated heterocycles. The van der Waals surface area contributed by atoms with Gasteiger partial charge in [-0.3, -0.25) is 0 Å². The Kier molecular flexibility index (Phi) is 4.25. The van der Waals surface area contributed by atoms with E-state index >= 15 is 0 Å². The number of rotatable bonds is 4. The van der Waals surface area contributed by atoms with E-state index < -0.39 is 17.7 Å². The van der Waals surface area contributed by atoms with Crippen molar-refractivity contribution in [1.29, 1.82) is 0 Å². The molecule has 0 atom stereocenters. The quantitative estimate of drug-likeness (QED) is 0.903. The Balaban J connectivity index is 2.19. The summed E-state index contributed by atoms with van der Waals surface area (Å²) in [6.45, 7) is -0.321. The number of para-hydroxylation sites is 1. The number of aromatic hydroxyl groups is 1. The van der Waals surface area contributed by atoms with Crippen LogP contribution in [0.1, 0.15) is 21.5 Å². The molecule has 2 rings (SSSR count). The van der Waals surface area contributed by atoms with Crippen molar-refractivity contribution >= 4 is 5.97 Å². The van der Waals surface area contributed by atoms with Gasteiger partial charge in [0.25, 0.3) is 0 Å². The second-order valence-corrected chi connectivity index (χ2v) is 4.43. The molecule has 0 saturated carbocycles. The Morgan fingerprint density at radius 3 is 2.41 bits per heavy atom. The van der Waals surface area contributed by atoms with Crippen molar-refractivity contribution in [3.05, 3.63) is 59.2 Å². The lowest BCUT2D eigenvalue weighted by Gasteiger charge is -2.14. The molecule has 0 aliphatic carbocycles. The van der Waals surface area contributed by atoms with Crippen molar-refractivity contribution in [2.24, 2.45) is 0 Å². The lowest BCUT2D eigenvalue weighted by Crippen LogP contribution is -2.08. The van der Waals surface area contributed by atoms with Gasteiger partial charge in [0.05, 0.1) is 11.1 Å². The number of carboxylic acid groups (broad SMARTS) is 1. The minimum absolute atomic E-state index is 0.128. The van der Waals surface area contributed by atoms with Crippen LogP contribution in [0.5, 0.6) is 11.5 Å². The van der Waals surface area contributed by atoms with Gasteiger partial charge in [0, 0.05) is 5.56 Å². The Morgan fingerprint density at radius 1 is 1.14 bits per heavy atom. The Morgan fingerprint density at radius 2 is 1.82 bits per heavy atom. The van der Waals surface area contributed by atoms with Gasteiger partial charge in [0.1, 0.15) is 18.1 Å². The number of alkyl halides is 3. The zero-order valence-corrected chi connectivity index (χ0v) is 11.1. The molecular weight excluding hydrogens is 301 g/mol. The van der Waals surface area contributed by atoms with Crippen LogP contribution in [0.25, 0.3) is 0 Å². The van der Waals surface area contributed by atoms with Crippen molar-refractivity contribution in [3.63, 3.8) is 0 Å². The van der Waals surface area contributed by atoms with E-state index in [1.807, 2.05) is 0 Å². The normalized spacial score (nSPS) is 11.2. The maximum atomic E-state index is 12.8. The maximum Gasteiger partial charge on any atom is 0.419 e. The van der Waals surface area contributed by atoms with Gasteiger partial charge < -0.3 is 14.9 Å². The van der Waals surface area contributed by atoms with Crippen LogP contribution in [-0.4, -0.2) is 16.2 Å². The van der Waals surface area contributed by atoms with Gasteiger partial charge >= 0.3 is 12.1 Å². The molecule has 0 aromatic heterocycles. The molecule has 0 heterocycles. The molecule has 0 spiro atoms. The SMILES string of the molecule is O=C(O)c1ccc(COc2ccccc2C(F)(F)F)c(O)c1. The fourth-order valence-electron chi connectivity index (χ4n) is 1.80. The number of phenols is 1. The highest BCUT2D eigenvalue weighted by molar-refractivity contribution is 5.88. The van der Waals surface area contributed by atoms with E-state index in [2.05, 4.69) is 0 Å². The van der Waals surface area contributed by atoms with Crippen LogP contribution >= 0.6 is 0 Å². The largest absolute Gasteiger partial charge is 0.508 e. The first kappa shape index (κ1) is 15.7. The maximum absolute atomic E-state index is 12.8. The van der Waals surface area contributed by atoms with Crippen LogP contribution in [-0.2, 0) is 12.8 Å². The third-order valence-corrected chi connectivity index (χ3v) is 2.91. The highest BCUT2D eigenvalue weighted by Gasteiger charge is 2.34.